The number of benzene rings is 6. The number of anilines is 2. The van der Waals surface area contributed by atoms with E-state index in [1.165, 1.54) is 12.1 Å². The van der Waals surface area contributed by atoms with Crippen LogP contribution in [0.15, 0.2) is 154 Å². The fourth-order valence-electron chi connectivity index (χ4n) is 7.24. The van der Waals surface area contributed by atoms with Gasteiger partial charge >= 0.3 is 12.0 Å². The summed E-state index contributed by atoms with van der Waals surface area (Å²) in [6.07, 6.45) is 0. The molecule has 4 amide bonds. The number of amides is 4. The van der Waals surface area contributed by atoms with Gasteiger partial charge in [0.2, 0.25) is 11.8 Å². The lowest BCUT2D eigenvalue weighted by atomic mass is 9.78. The highest BCUT2D eigenvalue weighted by Gasteiger charge is 2.41. The van der Waals surface area contributed by atoms with Crippen molar-refractivity contribution in [2.75, 3.05) is 9.80 Å². The van der Waals surface area contributed by atoms with Crippen molar-refractivity contribution < 1.29 is 37.5 Å². The summed E-state index contributed by atoms with van der Waals surface area (Å²) in [6.45, 7) is 4.20. The largest absolute Gasteiger partial charge is 0.457 e. The number of carbonyl (C=O) groups excluding carboxylic acids is 4. The molecule has 0 spiro atoms. The van der Waals surface area contributed by atoms with Crippen molar-refractivity contribution in [3.8, 4) is 45.9 Å². The van der Waals surface area contributed by atoms with Crippen LogP contribution in [0.3, 0.4) is 0 Å². The van der Waals surface area contributed by atoms with E-state index in [2.05, 4.69) is 34.2 Å². The molecule has 6 aromatic carbocycles. The molecule has 0 unspecified atom stereocenters. The van der Waals surface area contributed by atoms with Crippen LogP contribution in [0.5, 0.6) is 23.0 Å². The summed E-state index contributed by atoms with van der Waals surface area (Å²) in [5.74, 6) is -0.109. The van der Waals surface area contributed by atoms with Gasteiger partial charge in [0.15, 0.2) is 0 Å². The van der Waals surface area contributed by atoms with Gasteiger partial charge in [0.05, 0.1) is 22.3 Å². The van der Waals surface area contributed by atoms with E-state index in [4.69, 9.17) is 18.3 Å². The molecule has 61 heavy (non-hydrogen) atoms. The first kappa shape index (κ1) is 36.8. The van der Waals surface area contributed by atoms with E-state index in [1.54, 1.807) is 48.5 Å². The van der Waals surface area contributed by atoms with Gasteiger partial charge in [-0.1, -0.05) is 84.7 Å². The molecule has 2 aromatic heterocycles. The molecule has 0 aliphatic carbocycles. The van der Waals surface area contributed by atoms with Gasteiger partial charge in [-0.15, -0.1) is 10.2 Å². The molecular formula is C47H30N6O8. The molecule has 0 fully saturated rings. The molecule has 0 saturated carbocycles. The zero-order valence-corrected chi connectivity index (χ0v) is 32.3. The van der Waals surface area contributed by atoms with E-state index in [0.717, 1.165) is 20.9 Å². The summed E-state index contributed by atoms with van der Waals surface area (Å²) in [6, 6.07) is 42.3. The number of imide groups is 2. The molecule has 14 nitrogen and oxygen atoms in total. The summed E-state index contributed by atoms with van der Waals surface area (Å²) < 4.78 is 23.6. The van der Waals surface area contributed by atoms with Gasteiger partial charge in [0.25, 0.3) is 23.6 Å². The second-order valence-corrected chi connectivity index (χ2v) is 14.7. The first-order valence-corrected chi connectivity index (χ1v) is 19.0. The predicted molar refractivity (Wildman–Crippen MR) is 220 cm³/mol. The van der Waals surface area contributed by atoms with E-state index in [1.807, 2.05) is 84.9 Å². The van der Waals surface area contributed by atoms with Crippen molar-refractivity contribution in [1.29, 1.82) is 0 Å². The monoisotopic (exact) mass is 806 g/mol. The highest BCUT2D eigenvalue weighted by atomic mass is 16.5. The molecule has 0 radical (unpaired) electrons. The minimum atomic E-state index is -0.591. The Hall–Kier alpha value is -8.52. The van der Waals surface area contributed by atoms with Gasteiger partial charge in [-0.3, -0.25) is 19.2 Å². The SMILES string of the molecule is CC(C)(c1ccc(Oc2ccc3c(c2)C(=O)N(c2nnc(-c4ccccc4)o2)C3=O)cc1)c1ccc(Oc2ccc3c(c2)C(=O)N(c2nnc(-c4ccccc4)o2)C3=O)cc1. The van der Waals surface area contributed by atoms with Gasteiger partial charge in [-0.25, -0.2) is 0 Å². The maximum atomic E-state index is 13.4. The van der Waals surface area contributed by atoms with Gasteiger partial charge in [0.1, 0.15) is 23.0 Å². The minimum Gasteiger partial charge on any atom is -0.457 e. The lowest BCUT2D eigenvalue weighted by molar-refractivity contribution is 0.0902. The Bertz CT molecular complexity index is 2830. The van der Waals surface area contributed by atoms with Crippen LogP contribution in [0.2, 0.25) is 0 Å². The van der Waals surface area contributed by atoms with E-state index >= 15 is 0 Å². The van der Waals surface area contributed by atoms with Crippen molar-refractivity contribution in [1.82, 2.24) is 20.4 Å². The fraction of sp³-hybridized carbons (Fsp3) is 0.0638. The molecule has 0 bridgehead atoms. The third-order valence-electron chi connectivity index (χ3n) is 10.6. The Morgan fingerprint density at radius 1 is 0.426 bits per heavy atom. The first-order valence-electron chi connectivity index (χ1n) is 19.0. The number of ether oxygens (including phenoxy) is 2. The van der Waals surface area contributed by atoms with E-state index in [0.29, 0.717) is 34.1 Å². The van der Waals surface area contributed by atoms with Crippen molar-refractivity contribution in [3.05, 3.63) is 179 Å². The van der Waals surface area contributed by atoms with E-state index < -0.39 is 29.0 Å². The standard InChI is InChI=1S/C47H30N6O8/c1-47(2,29-13-17-31(18-14-29)58-33-21-23-35-37(25-33)43(56)52(41(35)54)45-50-48-39(60-45)27-9-5-3-6-10-27)30-15-19-32(20-16-30)59-34-22-24-36-38(26-34)44(57)53(42(36)55)46-51-49-40(61-46)28-11-7-4-8-12-28/h3-26H,1-2H3. The molecular weight excluding hydrogens is 777 g/mol. The average Bonchev–Trinajstić information content (AvgIpc) is 4.07. The summed E-state index contributed by atoms with van der Waals surface area (Å²) in [4.78, 5) is 55.0. The van der Waals surface area contributed by atoms with Crippen molar-refractivity contribution in [2.45, 2.75) is 19.3 Å². The summed E-state index contributed by atoms with van der Waals surface area (Å²) in [5, 5.41) is 15.9. The fourth-order valence-corrected chi connectivity index (χ4v) is 7.24. The zero-order valence-electron chi connectivity index (χ0n) is 32.3. The second-order valence-electron chi connectivity index (χ2n) is 14.7. The molecule has 0 N–H and O–H groups in total. The lowest BCUT2D eigenvalue weighted by Crippen LogP contribution is -2.29. The van der Waals surface area contributed by atoms with Crippen LogP contribution in [0.4, 0.5) is 12.0 Å². The Morgan fingerprint density at radius 2 is 0.787 bits per heavy atom. The maximum Gasteiger partial charge on any atom is 0.332 e. The highest BCUT2D eigenvalue weighted by Crippen LogP contribution is 2.38. The van der Waals surface area contributed by atoms with Crippen molar-refractivity contribution >= 4 is 35.7 Å². The number of nitrogens with zero attached hydrogens (tertiary/aromatic N) is 6. The molecule has 2 aliphatic rings. The second kappa shape index (κ2) is 14.4. The molecule has 14 heteroatoms. The Labute approximate surface area is 346 Å². The molecule has 0 saturated heterocycles. The number of carbonyl (C=O) groups is 4. The smallest absolute Gasteiger partial charge is 0.332 e. The van der Waals surface area contributed by atoms with Gasteiger partial charge in [-0.05, 0) is 96.1 Å². The van der Waals surface area contributed by atoms with Crippen LogP contribution < -0.4 is 19.3 Å². The molecule has 10 rings (SSSR count). The predicted octanol–water partition coefficient (Wildman–Crippen LogP) is 9.30. The molecule has 8 aromatic rings. The first-order chi connectivity index (χ1) is 29.6. The van der Waals surface area contributed by atoms with Crippen molar-refractivity contribution in [3.63, 3.8) is 0 Å². The lowest BCUT2D eigenvalue weighted by Gasteiger charge is -2.26. The van der Waals surface area contributed by atoms with Crippen LogP contribution >= 0.6 is 0 Å². The Morgan fingerprint density at radius 3 is 1.18 bits per heavy atom. The zero-order chi connectivity index (χ0) is 41.8. The number of aromatic nitrogens is 4. The number of hydrogen-bond acceptors (Lipinski definition) is 12. The molecule has 296 valence electrons. The molecule has 4 heterocycles. The summed E-state index contributed by atoms with van der Waals surface area (Å²) >= 11 is 0. The number of hydrogen-bond donors (Lipinski definition) is 0. The number of rotatable bonds is 10. The van der Waals surface area contributed by atoms with Crippen LogP contribution in [-0.2, 0) is 5.41 Å². The van der Waals surface area contributed by atoms with Crippen molar-refractivity contribution in [2.24, 2.45) is 0 Å². The molecule has 0 atom stereocenters. The van der Waals surface area contributed by atoms with Crippen LogP contribution in [0.25, 0.3) is 22.9 Å². The molecule has 2 aliphatic heterocycles. The quantitative estimate of drug-likeness (QED) is 0.120. The Balaban J connectivity index is 0.792. The van der Waals surface area contributed by atoms with E-state index in [9.17, 15) is 19.2 Å². The normalized spacial score (nSPS) is 13.5. The van der Waals surface area contributed by atoms with Gasteiger partial charge in [0, 0.05) is 16.5 Å². The third kappa shape index (κ3) is 6.48. The maximum absolute atomic E-state index is 13.4. The van der Waals surface area contributed by atoms with Gasteiger partial charge in [-0.2, -0.15) is 9.80 Å². The number of fused-ring (bicyclic) bond motifs is 2. The topological polar surface area (TPSA) is 171 Å². The van der Waals surface area contributed by atoms with E-state index in [-0.39, 0.29) is 46.1 Å². The average molecular weight is 807 g/mol. The summed E-state index contributed by atoms with van der Waals surface area (Å²) in [5.41, 5.74) is 3.66. The van der Waals surface area contributed by atoms with Crippen LogP contribution in [0, 0.1) is 0 Å². The minimum absolute atomic E-state index is 0.164. The van der Waals surface area contributed by atoms with Crippen LogP contribution in [0.1, 0.15) is 66.4 Å². The third-order valence-corrected chi connectivity index (χ3v) is 10.6. The Kier molecular flexibility index (Phi) is 8.68. The highest BCUT2D eigenvalue weighted by molar-refractivity contribution is 6.34. The van der Waals surface area contributed by atoms with Gasteiger partial charge < -0.3 is 18.3 Å². The van der Waals surface area contributed by atoms with Crippen LogP contribution in [-0.4, -0.2) is 44.0 Å². The summed E-state index contributed by atoms with van der Waals surface area (Å²) in [7, 11) is 0.